The molecule has 1 fully saturated rings. The third-order valence-corrected chi connectivity index (χ3v) is 4.11. The van der Waals surface area contributed by atoms with Gasteiger partial charge in [-0.2, -0.15) is 0 Å². The number of methoxy groups -OCH3 is 1. The highest BCUT2D eigenvalue weighted by molar-refractivity contribution is 6.17. The van der Waals surface area contributed by atoms with Crippen LogP contribution in [-0.2, 0) is 10.7 Å². The number of benzene rings is 1. The van der Waals surface area contributed by atoms with Gasteiger partial charge >= 0.3 is 0 Å². The fraction of sp³-hybridized carbons (Fsp3) is 0.429. The summed E-state index contributed by atoms with van der Waals surface area (Å²) in [6.07, 6.45) is 0.685. The summed E-state index contributed by atoms with van der Waals surface area (Å²) in [6.45, 7) is 0.684. The largest absolute Gasteiger partial charge is 0.494 e. The maximum absolute atomic E-state index is 13.8. The number of amides is 1. The Labute approximate surface area is 126 Å². The minimum atomic E-state index is -0.481. The first-order valence-corrected chi connectivity index (χ1v) is 7.15. The van der Waals surface area contributed by atoms with Crippen LogP contribution in [0, 0.1) is 5.82 Å². The predicted octanol–water partition coefficient (Wildman–Crippen LogP) is 2.33. The molecule has 21 heavy (non-hydrogen) atoms. The summed E-state index contributed by atoms with van der Waals surface area (Å²) in [5.41, 5.74) is 1.14. The lowest BCUT2D eigenvalue weighted by atomic mass is 10.2. The van der Waals surface area contributed by atoms with Crippen LogP contribution in [0.1, 0.15) is 18.3 Å². The van der Waals surface area contributed by atoms with Gasteiger partial charge in [0.05, 0.1) is 24.0 Å². The van der Waals surface area contributed by atoms with Crippen molar-refractivity contribution in [1.29, 1.82) is 0 Å². The van der Waals surface area contributed by atoms with E-state index in [1.54, 1.807) is 22.6 Å². The van der Waals surface area contributed by atoms with Gasteiger partial charge < -0.3 is 14.2 Å². The summed E-state index contributed by atoms with van der Waals surface area (Å²) in [7, 11) is 3.17. The number of rotatable bonds is 3. The Bertz CT molecular complexity index is 716. The molecule has 1 saturated heterocycles. The first kappa shape index (κ1) is 14.1. The van der Waals surface area contributed by atoms with Crippen LogP contribution in [0.2, 0.25) is 0 Å². The Morgan fingerprint density at radius 2 is 2.29 bits per heavy atom. The number of nitrogens with zero attached hydrogens (tertiary/aromatic N) is 3. The fourth-order valence-electron chi connectivity index (χ4n) is 2.79. The van der Waals surface area contributed by atoms with Gasteiger partial charge in [0.1, 0.15) is 11.9 Å². The Balaban J connectivity index is 2.22. The predicted molar refractivity (Wildman–Crippen MR) is 77.1 cm³/mol. The molecule has 112 valence electrons. The zero-order chi connectivity index (χ0) is 15.1. The number of hydrogen-bond acceptors (Lipinski definition) is 3. The smallest absolute Gasteiger partial charge is 0.245 e. The highest BCUT2D eigenvalue weighted by atomic mass is 35.5. The van der Waals surface area contributed by atoms with Crippen LogP contribution in [0.4, 0.5) is 4.39 Å². The number of imidazole rings is 1. The normalized spacial score (nSPS) is 18.8. The van der Waals surface area contributed by atoms with Gasteiger partial charge in [-0.3, -0.25) is 4.79 Å². The van der Waals surface area contributed by atoms with Crippen LogP contribution in [-0.4, -0.2) is 41.1 Å². The van der Waals surface area contributed by atoms with Gasteiger partial charge in [-0.25, -0.2) is 9.37 Å². The van der Waals surface area contributed by atoms with Gasteiger partial charge in [0.2, 0.25) is 5.91 Å². The number of fused-ring (bicyclic) bond motifs is 1. The monoisotopic (exact) mass is 311 g/mol. The van der Waals surface area contributed by atoms with E-state index in [9.17, 15) is 9.18 Å². The van der Waals surface area contributed by atoms with Crippen molar-refractivity contribution < 1.29 is 13.9 Å². The number of ether oxygens (including phenoxy) is 1. The van der Waals surface area contributed by atoms with E-state index in [2.05, 4.69) is 4.98 Å². The van der Waals surface area contributed by atoms with Crippen molar-refractivity contribution in [3.63, 3.8) is 0 Å². The van der Waals surface area contributed by atoms with E-state index in [-0.39, 0.29) is 23.6 Å². The lowest BCUT2D eigenvalue weighted by Gasteiger charge is -2.15. The molecule has 1 aliphatic heterocycles. The molecule has 2 heterocycles. The van der Waals surface area contributed by atoms with E-state index in [4.69, 9.17) is 16.3 Å². The van der Waals surface area contributed by atoms with Crippen LogP contribution in [0.3, 0.4) is 0 Å². The molecule has 3 rings (SSSR count). The maximum atomic E-state index is 13.8. The van der Waals surface area contributed by atoms with Crippen molar-refractivity contribution in [3.05, 3.63) is 23.8 Å². The zero-order valence-electron chi connectivity index (χ0n) is 11.8. The second-order valence-electron chi connectivity index (χ2n) is 5.07. The molecule has 0 saturated carbocycles. The second kappa shape index (κ2) is 5.18. The fourth-order valence-corrected chi connectivity index (χ4v) is 2.98. The molecule has 7 heteroatoms. The Hall–Kier alpha value is -1.82. The molecule has 0 spiro atoms. The van der Waals surface area contributed by atoms with E-state index >= 15 is 0 Å². The minimum Gasteiger partial charge on any atom is -0.494 e. The maximum Gasteiger partial charge on any atom is 0.245 e. The molecule has 0 radical (unpaired) electrons. The van der Waals surface area contributed by atoms with Gasteiger partial charge in [-0.15, -0.1) is 11.6 Å². The van der Waals surface area contributed by atoms with Crippen LogP contribution in [0.25, 0.3) is 11.0 Å². The molecule has 2 aromatic rings. The van der Waals surface area contributed by atoms with Crippen molar-refractivity contribution in [2.75, 3.05) is 20.7 Å². The SMILES string of the molecule is COc1cc2c(cc1F)nc(CCl)n2C1CCN(C)C1=O. The number of carbonyl (C=O) groups is 1. The number of likely N-dealkylation sites (tertiary alicyclic amines) is 1. The van der Waals surface area contributed by atoms with Gasteiger partial charge in [-0.05, 0) is 6.42 Å². The minimum absolute atomic E-state index is 0.0176. The van der Waals surface area contributed by atoms with Crippen LogP contribution in [0.5, 0.6) is 5.75 Å². The average molecular weight is 312 g/mol. The number of carbonyl (C=O) groups excluding carboxylic acids is 1. The molecule has 1 atom stereocenters. The molecule has 1 unspecified atom stereocenters. The molecule has 0 N–H and O–H groups in total. The molecule has 1 amide bonds. The number of aromatic nitrogens is 2. The lowest BCUT2D eigenvalue weighted by molar-refractivity contribution is -0.129. The van der Waals surface area contributed by atoms with E-state index in [1.807, 2.05) is 0 Å². The summed E-state index contributed by atoms with van der Waals surface area (Å²) in [6, 6.07) is 2.53. The first-order valence-electron chi connectivity index (χ1n) is 6.62. The summed E-state index contributed by atoms with van der Waals surface area (Å²) in [4.78, 5) is 18.3. The standard InChI is InChI=1S/C14H15ClFN3O2/c1-18-4-3-10(14(18)20)19-11-6-12(21-2)8(16)5-9(11)17-13(19)7-15/h5-6,10H,3-4,7H2,1-2H3. The Morgan fingerprint density at radius 3 is 2.86 bits per heavy atom. The quantitative estimate of drug-likeness (QED) is 0.817. The van der Waals surface area contributed by atoms with Crippen molar-refractivity contribution in [2.45, 2.75) is 18.3 Å². The molecule has 1 aliphatic rings. The van der Waals surface area contributed by atoms with Crippen molar-refractivity contribution in [3.8, 4) is 5.75 Å². The Morgan fingerprint density at radius 1 is 1.52 bits per heavy atom. The molecule has 0 bridgehead atoms. The van der Waals surface area contributed by atoms with Gasteiger partial charge in [-0.1, -0.05) is 0 Å². The van der Waals surface area contributed by atoms with E-state index in [1.165, 1.54) is 13.2 Å². The second-order valence-corrected chi connectivity index (χ2v) is 5.34. The van der Waals surface area contributed by atoms with E-state index in [0.29, 0.717) is 29.8 Å². The van der Waals surface area contributed by atoms with Crippen molar-refractivity contribution in [1.82, 2.24) is 14.5 Å². The van der Waals surface area contributed by atoms with Gasteiger partial charge in [0.15, 0.2) is 11.6 Å². The van der Waals surface area contributed by atoms with Crippen molar-refractivity contribution >= 4 is 28.5 Å². The molecule has 0 aliphatic carbocycles. The molecule has 1 aromatic heterocycles. The number of halogens is 2. The van der Waals surface area contributed by atoms with Crippen LogP contribution >= 0.6 is 11.6 Å². The number of likely N-dealkylation sites (N-methyl/N-ethyl adjacent to an activating group) is 1. The lowest BCUT2D eigenvalue weighted by Crippen LogP contribution is -2.25. The van der Waals surface area contributed by atoms with Gasteiger partial charge in [0.25, 0.3) is 0 Å². The molecular weight excluding hydrogens is 297 g/mol. The summed E-state index contributed by atoms with van der Waals surface area (Å²) in [5.74, 6) is 0.387. The third kappa shape index (κ3) is 2.14. The Kier molecular flexibility index (Phi) is 3.49. The molecular formula is C14H15ClFN3O2. The summed E-state index contributed by atoms with van der Waals surface area (Å²) in [5, 5.41) is 0. The number of hydrogen-bond donors (Lipinski definition) is 0. The van der Waals surface area contributed by atoms with Gasteiger partial charge in [0, 0.05) is 25.7 Å². The number of alkyl halides is 1. The third-order valence-electron chi connectivity index (χ3n) is 3.87. The molecule has 1 aromatic carbocycles. The van der Waals surface area contributed by atoms with E-state index < -0.39 is 5.82 Å². The van der Waals surface area contributed by atoms with Crippen molar-refractivity contribution in [2.24, 2.45) is 0 Å². The summed E-state index contributed by atoms with van der Waals surface area (Å²) >= 11 is 5.95. The van der Waals surface area contributed by atoms with Crippen LogP contribution < -0.4 is 4.74 Å². The summed E-state index contributed by atoms with van der Waals surface area (Å²) < 4.78 is 20.6. The topological polar surface area (TPSA) is 47.4 Å². The van der Waals surface area contributed by atoms with Crippen LogP contribution in [0.15, 0.2) is 12.1 Å². The first-order chi connectivity index (χ1) is 10.1. The molecule has 5 nitrogen and oxygen atoms in total. The highest BCUT2D eigenvalue weighted by Crippen LogP contribution is 2.32. The van der Waals surface area contributed by atoms with E-state index in [0.717, 1.165) is 0 Å². The average Bonchev–Trinajstić information content (AvgIpc) is 2.98. The highest BCUT2D eigenvalue weighted by Gasteiger charge is 2.33. The zero-order valence-corrected chi connectivity index (χ0v) is 12.5.